The van der Waals surface area contributed by atoms with E-state index < -0.39 is 11.2 Å². The highest BCUT2D eigenvalue weighted by Gasteiger charge is 2.17. The van der Waals surface area contributed by atoms with Gasteiger partial charge < -0.3 is 9.51 Å². The summed E-state index contributed by atoms with van der Waals surface area (Å²) in [7, 11) is 0. The summed E-state index contributed by atoms with van der Waals surface area (Å²) in [5.74, 6) is 0.629. The van der Waals surface area contributed by atoms with E-state index in [0.29, 0.717) is 22.6 Å². The molecule has 0 bridgehead atoms. The van der Waals surface area contributed by atoms with Crippen LogP contribution in [0.15, 0.2) is 26.5 Å². The van der Waals surface area contributed by atoms with Crippen molar-refractivity contribution in [2.75, 3.05) is 0 Å². The van der Waals surface area contributed by atoms with Gasteiger partial charge in [-0.15, -0.1) is 0 Å². The molecule has 0 saturated heterocycles. The van der Waals surface area contributed by atoms with E-state index in [9.17, 15) is 9.59 Å². The van der Waals surface area contributed by atoms with E-state index in [-0.39, 0.29) is 12.6 Å². The van der Waals surface area contributed by atoms with Gasteiger partial charge in [0.2, 0.25) is 0 Å². The molecule has 3 heterocycles. The monoisotopic (exact) mass is 289 g/mol. The second-order valence-corrected chi connectivity index (χ2v) is 5.17. The average molecular weight is 289 g/mol. The Bertz CT molecular complexity index is 912. The Morgan fingerprint density at radius 2 is 2.14 bits per heavy atom. The molecule has 3 aromatic rings. The largest absolute Gasteiger partial charge is 0.361 e. The summed E-state index contributed by atoms with van der Waals surface area (Å²) >= 11 is 0. The molecule has 0 radical (unpaired) electrons. The van der Waals surface area contributed by atoms with E-state index in [1.165, 1.54) is 10.9 Å². The number of fused-ring (bicyclic) bond motifs is 1. The van der Waals surface area contributed by atoms with Crippen LogP contribution in [0.5, 0.6) is 0 Å². The maximum absolute atomic E-state index is 12.6. The number of H-pyrrole nitrogens is 1. The van der Waals surface area contributed by atoms with Gasteiger partial charge in [-0.05, 0) is 20.8 Å². The van der Waals surface area contributed by atoms with E-state index >= 15 is 0 Å². The Morgan fingerprint density at radius 3 is 2.76 bits per heavy atom. The van der Waals surface area contributed by atoms with Gasteiger partial charge in [0.15, 0.2) is 5.65 Å². The molecule has 21 heavy (non-hydrogen) atoms. The first-order chi connectivity index (χ1) is 9.99. The number of nitrogens with zero attached hydrogens (tertiary/aromatic N) is 4. The van der Waals surface area contributed by atoms with Crippen LogP contribution in [0.1, 0.15) is 31.3 Å². The minimum absolute atomic E-state index is 0.0662. The number of nitrogens with one attached hydrogen (secondary N) is 1. The maximum Gasteiger partial charge on any atom is 0.333 e. The fourth-order valence-corrected chi connectivity index (χ4v) is 2.33. The lowest BCUT2D eigenvalue weighted by Crippen LogP contribution is -2.41. The molecule has 3 rings (SSSR count). The first kappa shape index (κ1) is 13.3. The summed E-state index contributed by atoms with van der Waals surface area (Å²) in [4.78, 5) is 31.9. The van der Waals surface area contributed by atoms with Crippen LogP contribution >= 0.6 is 0 Å². The molecule has 0 amide bonds. The number of hydrogen-bond acceptors (Lipinski definition) is 5. The van der Waals surface area contributed by atoms with Crippen molar-refractivity contribution in [2.24, 2.45) is 0 Å². The van der Waals surface area contributed by atoms with Crippen LogP contribution in [-0.2, 0) is 6.54 Å². The average Bonchev–Trinajstić information content (AvgIpc) is 3.03. The molecule has 0 aliphatic rings. The Labute approximate surface area is 119 Å². The van der Waals surface area contributed by atoms with Crippen LogP contribution in [0.3, 0.4) is 0 Å². The smallest absolute Gasteiger partial charge is 0.333 e. The molecule has 0 atom stereocenters. The van der Waals surface area contributed by atoms with Crippen molar-refractivity contribution in [1.82, 2.24) is 24.3 Å². The van der Waals surface area contributed by atoms with Gasteiger partial charge in [0.05, 0.1) is 12.9 Å². The van der Waals surface area contributed by atoms with E-state index in [1.54, 1.807) is 13.0 Å². The number of hydrogen-bond donors (Lipinski definition) is 1. The number of aromatic amines is 1. The molecule has 8 nitrogen and oxygen atoms in total. The van der Waals surface area contributed by atoms with E-state index in [0.717, 1.165) is 4.57 Å². The molecule has 0 aliphatic heterocycles. The fraction of sp³-hybridized carbons (Fsp3) is 0.385. The van der Waals surface area contributed by atoms with Crippen molar-refractivity contribution in [3.8, 4) is 0 Å². The summed E-state index contributed by atoms with van der Waals surface area (Å²) in [5, 5.41) is 3.83. The Hall–Kier alpha value is -2.64. The lowest BCUT2D eigenvalue weighted by atomic mass is 10.3. The summed E-state index contributed by atoms with van der Waals surface area (Å²) in [6, 6.07) is 1.58. The van der Waals surface area contributed by atoms with Crippen molar-refractivity contribution >= 4 is 11.2 Å². The van der Waals surface area contributed by atoms with Gasteiger partial charge >= 0.3 is 5.69 Å². The van der Waals surface area contributed by atoms with Crippen LogP contribution in [0.4, 0.5) is 0 Å². The molecule has 0 fully saturated rings. The third-order valence-corrected chi connectivity index (χ3v) is 3.26. The van der Waals surface area contributed by atoms with Crippen LogP contribution < -0.4 is 11.2 Å². The van der Waals surface area contributed by atoms with Gasteiger partial charge in [-0.25, -0.2) is 9.78 Å². The highest BCUT2D eigenvalue weighted by molar-refractivity contribution is 5.69. The molecule has 0 aromatic carbocycles. The van der Waals surface area contributed by atoms with Crippen molar-refractivity contribution in [2.45, 2.75) is 33.4 Å². The molecule has 0 spiro atoms. The third kappa shape index (κ3) is 2.08. The number of aromatic nitrogens is 5. The molecule has 0 saturated carbocycles. The minimum atomic E-state index is -0.412. The van der Waals surface area contributed by atoms with Crippen molar-refractivity contribution in [1.29, 1.82) is 0 Å². The fourth-order valence-electron chi connectivity index (χ4n) is 2.33. The van der Waals surface area contributed by atoms with Gasteiger partial charge in [-0.3, -0.25) is 13.9 Å². The Kier molecular flexibility index (Phi) is 3.00. The minimum Gasteiger partial charge on any atom is -0.361 e. The summed E-state index contributed by atoms with van der Waals surface area (Å²) in [5.41, 5.74) is 0.386. The quantitative estimate of drug-likeness (QED) is 0.769. The highest BCUT2D eigenvalue weighted by atomic mass is 16.5. The standard InChI is InChI=1S/C13H15N5O3/c1-7(2)18-11-10(14-6-15-11)12(19)17(13(18)20)5-9-4-8(3)21-16-9/h4,6-7H,5H2,1-3H3,(H,14,15). The second-order valence-electron chi connectivity index (χ2n) is 5.17. The van der Waals surface area contributed by atoms with Crippen LogP contribution in [-0.4, -0.2) is 24.3 Å². The molecular weight excluding hydrogens is 274 g/mol. The first-order valence-electron chi connectivity index (χ1n) is 6.59. The van der Waals surface area contributed by atoms with Crippen molar-refractivity contribution in [3.05, 3.63) is 44.7 Å². The van der Waals surface area contributed by atoms with Gasteiger partial charge in [-0.2, -0.15) is 0 Å². The normalized spacial score (nSPS) is 11.6. The van der Waals surface area contributed by atoms with Gasteiger partial charge in [0.1, 0.15) is 17.0 Å². The molecular formula is C13H15N5O3. The van der Waals surface area contributed by atoms with Crippen molar-refractivity contribution < 1.29 is 4.52 Å². The Morgan fingerprint density at radius 1 is 1.38 bits per heavy atom. The van der Waals surface area contributed by atoms with Crippen molar-refractivity contribution in [3.63, 3.8) is 0 Å². The second kappa shape index (κ2) is 4.72. The molecule has 1 N–H and O–H groups in total. The zero-order valence-electron chi connectivity index (χ0n) is 12.0. The molecule has 0 aliphatic carbocycles. The van der Waals surface area contributed by atoms with Gasteiger partial charge in [0.25, 0.3) is 5.56 Å². The predicted molar refractivity (Wildman–Crippen MR) is 75.3 cm³/mol. The number of rotatable bonds is 3. The summed E-state index contributed by atoms with van der Waals surface area (Å²) < 4.78 is 7.60. The summed E-state index contributed by atoms with van der Waals surface area (Å²) in [6.45, 7) is 5.55. The van der Waals surface area contributed by atoms with Gasteiger partial charge in [-0.1, -0.05) is 5.16 Å². The topological polar surface area (TPSA) is 98.7 Å². The molecule has 8 heteroatoms. The number of aryl methyl sites for hydroxylation is 1. The third-order valence-electron chi connectivity index (χ3n) is 3.26. The lowest BCUT2D eigenvalue weighted by molar-refractivity contribution is 0.387. The van der Waals surface area contributed by atoms with Crippen LogP contribution in [0.2, 0.25) is 0 Å². The molecule has 0 unspecified atom stereocenters. The molecule has 3 aromatic heterocycles. The Balaban J connectivity index is 2.27. The van der Waals surface area contributed by atoms with E-state index in [2.05, 4.69) is 15.1 Å². The zero-order chi connectivity index (χ0) is 15.1. The predicted octanol–water partition coefficient (Wildman–Crippen LogP) is 0.812. The van der Waals surface area contributed by atoms with Crippen LogP contribution in [0, 0.1) is 6.92 Å². The van der Waals surface area contributed by atoms with E-state index in [4.69, 9.17) is 4.52 Å². The SMILES string of the molecule is Cc1cc(Cn2c(=O)c3[nH]cnc3n(C(C)C)c2=O)no1. The maximum atomic E-state index is 12.6. The van der Waals surface area contributed by atoms with Gasteiger partial charge in [0, 0.05) is 12.1 Å². The highest BCUT2D eigenvalue weighted by Crippen LogP contribution is 2.09. The first-order valence-corrected chi connectivity index (χ1v) is 6.59. The number of imidazole rings is 1. The van der Waals surface area contributed by atoms with E-state index in [1.807, 2.05) is 13.8 Å². The lowest BCUT2D eigenvalue weighted by Gasteiger charge is -2.13. The summed E-state index contributed by atoms with van der Waals surface area (Å²) in [6.07, 6.45) is 1.41. The zero-order valence-corrected chi connectivity index (χ0v) is 12.0. The van der Waals surface area contributed by atoms with Crippen LogP contribution in [0.25, 0.3) is 11.2 Å². The molecule has 110 valence electrons.